The Hall–Kier alpha value is -0.120. The second kappa shape index (κ2) is 7.34. The highest BCUT2D eigenvalue weighted by atomic mass is 16.2. The van der Waals surface area contributed by atoms with Crippen molar-refractivity contribution in [1.29, 1.82) is 0 Å². The third-order valence-electron chi connectivity index (χ3n) is 3.68. The Balaban J connectivity index is 2.37. The van der Waals surface area contributed by atoms with Crippen molar-refractivity contribution in [2.45, 2.75) is 52.5 Å². The minimum absolute atomic E-state index is 0.338. The molecule has 3 nitrogen and oxygen atoms in total. The minimum Gasteiger partial charge on any atom is -0.396 e. The Bertz CT molecular complexity index is 206. The van der Waals surface area contributed by atoms with Crippen LogP contribution in [0.2, 0.25) is 0 Å². The largest absolute Gasteiger partial charge is 0.396 e. The Morgan fingerprint density at radius 1 is 1.41 bits per heavy atom. The van der Waals surface area contributed by atoms with E-state index in [9.17, 15) is 0 Å². The number of aliphatic hydroxyl groups excluding tert-OH is 1. The summed E-state index contributed by atoms with van der Waals surface area (Å²) in [6.07, 6.45) is 4.76. The van der Waals surface area contributed by atoms with E-state index in [-0.39, 0.29) is 0 Å². The van der Waals surface area contributed by atoms with Crippen LogP contribution in [0.25, 0.3) is 0 Å². The molecule has 1 aliphatic rings. The van der Waals surface area contributed by atoms with Gasteiger partial charge in [-0.25, -0.2) is 0 Å². The first kappa shape index (κ1) is 14.9. The van der Waals surface area contributed by atoms with Crippen LogP contribution >= 0.6 is 0 Å². The molecule has 0 spiro atoms. The van der Waals surface area contributed by atoms with Crippen molar-refractivity contribution in [1.82, 2.24) is 10.2 Å². The number of nitrogens with one attached hydrogen (secondary N) is 1. The molecule has 1 unspecified atom stereocenters. The van der Waals surface area contributed by atoms with Crippen LogP contribution in [0.5, 0.6) is 0 Å². The average Bonchev–Trinajstić information content (AvgIpc) is 2.70. The van der Waals surface area contributed by atoms with E-state index in [2.05, 4.69) is 31.0 Å². The quantitative estimate of drug-likeness (QED) is 0.682. The topological polar surface area (TPSA) is 35.5 Å². The van der Waals surface area contributed by atoms with Gasteiger partial charge in [0.15, 0.2) is 0 Å². The van der Waals surface area contributed by atoms with Gasteiger partial charge in [-0.05, 0) is 44.2 Å². The molecule has 1 atom stereocenters. The van der Waals surface area contributed by atoms with E-state index < -0.39 is 0 Å². The molecule has 1 aliphatic heterocycles. The Morgan fingerprint density at radius 3 is 2.82 bits per heavy atom. The maximum Gasteiger partial charge on any atom is 0.0431 e. The summed E-state index contributed by atoms with van der Waals surface area (Å²) in [5.74, 6) is 0. The van der Waals surface area contributed by atoms with Crippen LogP contribution in [0.1, 0.15) is 46.5 Å². The molecule has 0 radical (unpaired) electrons. The van der Waals surface area contributed by atoms with Crippen molar-refractivity contribution in [3.8, 4) is 0 Å². The van der Waals surface area contributed by atoms with Crippen molar-refractivity contribution in [3.05, 3.63) is 0 Å². The molecule has 0 bridgehead atoms. The van der Waals surface area contributed by atoms with Crippen LogP contribution in [0.3, 0.4) is 0 Å². The fourth-order valence-electron chi connectivity index (χ4n) is 2.83. The summed E-state index contributed by atoms with van der Waals surface area (Å²) in [4.78, 5) is 2.63. The molecule has 102 valence electrons. The number of nitrogens with zero attached hydrogens (tertiary/aromatic N) is 1. The number of hydrogen-bond acceptors (Lipinski definition) is 3. The van der Waals surface area contributed by atoms with E-state index >= 15 is 0 Å². The Morgan fingerprint density at radius 2 is 2.18 bits per heavy atom. The molecule has 17 heavy (non-hydrogen) atoms. The number of aliphatic hydroxyl groups is 1. The number of rotatable bonds is 8. The predicted molar refractivity (Wildman–Crippen MR) is 73.2 cm³/mol. The van der Waals surface area contributed by atoms with Gasteiger partial charge in [-0.2, -0.15) is 0 Å². The number of likely N-dealkylation sites (tertiary alicyclic amines) is 1. The smallest absolute Gasteiger partial charge is 0.0431 e. The van der Waals surface area contributed by atoms with Crippen LogP contribution in [0, 0.1) is 5.41 Å². The standard InChI is InChI=1S/C14H30N2O/c1-4-15-11-14(2,3)12-16-9-5-7-13(16)8-6-10-17/h13,15,17H,4-12H2,1-3H3. The lowest BCUT2D eigenvalue weighted by atomic mass is 9.92. The van der Waals surface area contributed by atoms with Crippen molar-refractivity contribution in [3.63, 3.8) is 0 Å². The Labute approximate surface area is 107 Å². The van der Waals surface area contributed by atoms with Gasteiger partial charge in [0.1, 0.15) is 0 Å². The van der Waals surface area contributed by atoms with Gasteiger partial charge in [0.25, 0.3) is 0 Å². The zero-order valence-electron chi connectivity index (χ0n) is 11.8. The fourth-order valence-corrected chi connectivity index (χ4v) is 2.83. The summed E-state index contributed by atoms with van der Waals surface area (Å²) in [7, 11) is 0. The lowest BCUT2D eigenvalue weighted by Gasteiger charge is -2.34. The van der Waals surface area contributed by atoms with Crippen LogP contribution in [-0.4, -0.2) is 48.8 Å². The molecule has 2 N–H and O–H groups in total. The molecule has 1 heterocycles. The molecule has 0 aromatic heterocycles. The third-order valence-corrected chi connectivity index (χ3v) is 3.68. The summed E-state index contributed by atoms with van der Waals surface area (Å²) in [6.45, 7) is 11.8. The molecule has 0 aromatic carbocycles. The molecule has 0 aliphatic carbocycles. The van der Waals surface area contributed by atoms with Crippen molar-refractivity contribution in [2.75, 3.05) is 32.8 Å². The monoisotopic (exact) mass is 242 g/mol. The SMILES string of the molecule is CCNCC(C)(C)CN1CCCC1CCCO. The summed E-state index contributed by atoms with van der Waals surface area (Å²) in [6, 6.07) is 0.711. The van der Waals surface area contributed by atoms with Gasteiger partial charge in [0.05, 0.1) is 0 Å². The van der Waals surface area contributed by atoms with Crippen molar-refractivity contribution >= 4 is 0 Å². The second-order valence-electron chi connectivity index (χ2n) is 6.08. The highest BCUT2D eigenvalue weighted by Crippen LogP contribution is 2.26. The van der Waals surface area contributed by atoms with Gasteiger partial charge in [0.2, 0.25) is 0 Å². The lowest BCUT2D eigenvalue weighted by molar-refractivity contribution is 0.150. The lowest BCUT2D eigenvalue weighted by Crippen LogP contribution is -2.42. The first-order valence-electron chi connectivity index (χ1n) is 7.14. The Kier molecular flexibility index (Phi) is 6.45. The van der Waals surface area contributed by atoms with Crippen LogP contribution in [-0.2, 0) is 0 Å². The minimum atomic E-state index is 0.338. The van der Waals surface area contributed by atoms with E-state index in [1.165, 1.54) is 25.9 Å². The molecular weight excluding hydrogens is 212 g/mol. The molecule has 0 aromatic rings. The molecule has 1 saturated heterocycles. The molecule has 1 fully saturated rings. The van der Waals surface area contributed by atoms with E-state index in [0.29, 0.717) is 18.1 Å². The maximum atomic E-state index is 8.93. The molecular formula is C14H30N2O. The zero-order chi connectivity index (χ0) is 12.7. The van der Waals surface area contributed by atoms with Crippen molar-refractivity contribution in [2.24, 2.45) is 5.41 Å². The highest BCUT2D eigenvalue weighted by Gasteiger charge is 2.29. The van der Waals surface area contributed by atoms with Crippen molar-refractivity contribution < 1.29 is 5.11 Å². The molecule has 0 amide bonds. The van der Waals surface area contributed by atoms with Gasteiger partial charge in [0, 0.05) is 25.7 Å². The number of hydrogen-bond donors (Lipinski definition) is 2. The summed E-state index contributed by atoms with van der Waals surface area (Å²) in [5.41, 5.74) is 0.345. The van der Waals surface area contributed by atoms with Crippen LogP contribution in [0.4, 0.5) is 0 Å². The van der Waals surface area contributed by atoms with Gasteiger partial charge in [-0.15, -0.1) is 0 Å². The average molecular weight is 242 g/mol. The van der Waals surface area contributed by atoms with Crippen LogP contribution in [0.15, 0.2) is 0 Å². The first-order valence-corrected chi connectivity index (χ1v) is 7.14. The van der Waals surface area contributed by atoms with Gasteiger partial charge in [-0.3, -0.25) is 4.90 Å². The second-order valence-corrected chi connectivity index (χ2v) is 6.08. The third kappa shape index (κ3) is 5.36. The highest BCUT2D eigenvalue weighted by molar-refractivity contribution is 4.84. The van der Waals surface area contributed by atoms with Gasteiger partial charge in [-0.1, -0.05) is 20.8 Å². The van der Waals surface area contributed by atoms with E-state index in [4.69, 9.17) is 5.11 Å². The summed E-state index contributed by atoms with van der Waals surface area (Å²) < 4.78 is 0. The first-order chi connectivity index (χ1) is 8.09. The maximum absolute atomic E-state index is 8.93. The normalized spacial score (nSPS) is 22.2. The predicted octanol–water partition coefficient (Wildman–Crippen LogP) is 1.86. The zero-order valence-corrected chi connectivity index (χ0v) is 11.8. The van der Waals surface area contributed by atoms with Crippen LogP contribution < -0.4 is 5.32 Å². The molecule has 3 heteroatoms. The molecule has 0 saturated carbocycles. The summed E-state index contributed by atoms with van der Waals surface area (Å²) in [5, 5.41) is 12.4. The van der Waals surface area contributed by atoms with Gasteiger partial charge < -0.3 is 10.4 Å². The van der Waals surface area contributed by atoms with E-state index in [0.717, 1.165) is 25.9 Å². The molecule has 1 rings (SSSR count). The summed E-state index contributed by atoms with van der Waals surface area (Å²) >= 11 is 0. The van der Waals surface area contributed by atoms with E-state index in [1.807, 2.05) is 0 Å². The fraction of sp³-hybridized carbons (Fsp3) is 1.00. The van der Waals surface area contributed by atoms with E-state index in [1.54, 1.807) is 0 Å². The van der Waals surface area contributed by atoms with Gasteiger partial charge >= 0.3 is 0 Å².